The van der Waals surface area contributed by atoms with Crippen molar-refractivity contribution in [2.24, 2.45) is 0 Å². The number of anilines is 1. The number of fused-ring (bicyclic) bond motifs is 1. The average molecular weight is 258 g/mol. The maximum absolute atomic E-state index is 13.1. The van der Waals surface area contributed by atoms with Crippen LogP contribution in [0.5, 0.6) is 5.75 Å². The molecule has 2 aromatic rings. The third-order valence-electron chi connectivity index (χ3n) is 2.95. The van der Waals surface area contributed by atoms with Crippen LogP contribution in [0.2, 0.25) is 0 Å². The van der Waals surface area contributed by atoms with E-state index in [2.05, 4.69) is 4.98 Å². The molecule has 1 aliphatic rings. The molecule has 0 radical (unpaired) electrons. The van der Waals surface area contributed by atoms with Crippen molar-refractivity contribution in [3.8, 4) is 5.75 Å². The first kappa shape index (κ1) is 11.6. The first-order valence-electron chi connectivity index (χ1n) is 5.91. The topological polar surface area (TPSA) is 42.4 Å². The van der Waals surface area contributed by atoms with Crippen LogP contribution in [-0.4, -0.2) is 24.0 Å². The van der Waals surface area contributed by atoms with Crippen LogP contribution in [0.1, 0.15) is 10.4 Å². The SMILES string of the molecule is O=C(c1ccnc(F)c1)N1CCOc2ccccc21. The molecule has 1 aromatic heterocycles. The molecule has 1 aliphatic heterocycles. The van der Waals surface area contributed by atoms with E-state index < -0.39 is 5.95 Å². The van der Waals surface area contributed by atoms with E-state index in [1.54, 1.807) is 4.90 Å². The zero-order valence-electron chi connectivity index (χ0n) is 10.0. The second kappa shape index (κ2) is 4.68. The van der Waals surface area contributed by atoms with E-state index in [0.717, 1.165) is 6.07 Å². The number of para-hydroxylation sites is 2. The van der Waals surface area contributed by atoms with Crippen LogP contribution in [0, 0.1) is 5.95 Å². The third kappa shape index (κ3) is 2.14. The van der Waals surface area contributed by atoms with E-state index in [1.807, 2.05) is 24.3 Å². The number of aromatic nitrogens is 1. The fourth-order valence-electron chi connectivity index (χ4n) is 2.07. The van der Waals surface area contributed by atoms with Gasteiger partial charge in [-0.1, -0.05) is 12.1 Å². The summed E-state index contributed by atoms with van der Waals surface area (Å²) < 4.78 is 18.6. The third-order valence-corrected chi connectivity index (χ3v) is 2.95. The van der Waals surface area contributed by atoms with Gasteiger partial charge in [-0.25, -0.2) is 4.98 Å². The molecular weight excluding hydrogens is 247 g/mol. The summed E-state index contributed by atoms with van der Waals surface area (Å²) in [6, 6.07) is 9.94. The summed E-state index contributed by atoms with van der Waals surface area (Å²) in [6.45, 7) is 0.871. The maximum Gasteiger partial charge on any atom is 0.258 e. The molecule has 0 spiro atoms. The van der Waals surface area contributed by atoms with Gasteiger partial charge < -0.3 is 9.64 Å². The molecule has 1 aromatic carbocycles. The second-order valence-electron chi connectivity index (χ2n) is 4.14. The van der Waals surface area contributed by atoms with Crippen molar-refractivity contribution in [1.29, 1.82) is 0 Å². The van der Waals surface area contributed by atoms with Crippen LogP contribution >= 0.6 is 0 Å². The number of carbonyl (C=O) groups excluding carboxylic acids is 1. The van der Waals surface area contributed by atoms with E-state index in [-0.39, 0.29) is 11.5 Å². The van der Waals surface area contributed by atoms with Crippen LogP contribution < -0.4 is 9.64 Å². The van der Waals surface area contributed by atoms with Gasteiger partial charge in [-0.3, -0.25) is 4.79 Å². The Hall–Kier alpha value is -2.43. The number of hydrogen-bond acceptors (Lipinski definition) is 3. The van der Waals surface area contributed by atoms with E-state index in [4.69, 9.17) is 4.74 Å². The van der Waals surface area contributed by atoms with Crippen LogP contribution in [0.3, 0.4) is 0 Å². The van der Waals surface area contributed by atoms with Gasteiger partial charge in [0.05, 0.1) is 12.2 Å². The molecule has 5 heteroatoms. The summed E-state index contributed by atoms with van der Waals surface area (Å²) >= 11 is 0. The number of nitrogens with zero attached hydrogens (tertiary/aromatic N) is 2. The summed E-state index contributed by atoms with van der Waals surface area (Å²) in [4.78, 5) is 17.4. The molecule has 2 heterocycles. The van der Waals surface area contributed by atoms with Crippen molar-refractivity contribution < 1.29 is 13.9 Å². The van der Waals surface area contributed by atoms with E-state index in [0.29, 0.717) is 24.6 Å². The highest BCUT2D eigenvalue weighted by Gasteiger charge is 2.24. The summed E-state index contributed by atoms with van der Waals surface area (Å²) in [6.07, 6.45) is 1.29. The number of hydrogen-bond donors (Lipinski definition) is 0. The molecule has 0 saturated carbocycles. The van der Waals surface area contributed by atoms with Gasteiger partial charge in [-0.05, 0) is 18.2 Å². The number of pyridine rings is 1. The molecule has 0 N–H and O–H groups in total. The Kier molecular flexibility index (Phi) is 2.87. The first-order chi connectivity index (χ1) is 9.25. The molecular formula is C14H11FN2O2. The van der Waals surface area contributed by atoms with E-state index >= 15 is 0 Å². The number of benzene rings is 1. The molecule has 0 aliphatic carbocycles. The molecule has 3 rings (SSSR count). The molecule has 0 fully saturated rings. The lowest BCUT2D eigenvalue weighted by Crippen LogP contribution is -2.37. The van der Waals surface area contributed by atoms with Gasteiger partial charge in [0.1, 0.15) is 12.4 Å². The van der Waals surface area contributed by atoms with Gasteiger partial charge in [-0.2, -0.15) is 4.39 Å². The Morgan fingerprint density at radius 3 is 3.00 bits per heavy atom. The highest BCUT2D eigenvalue weighted by atomic mass is 19.1. The molecule has 0 unspecified atom stereocenters. The Labute approximate surface area is 109 Å². The molecule has 0 atom stereocenters. The highest BCUT2D eigenvalue weighted by molar-refractivity contribution is 6.07. The van der Waals surface area contributed by atoms with Gasteiger partial charge in [-0.15, -0.1) is 0 Å². The van der Waals surface area contributed by atoms with Gasteiger partial charge >= 0.3 is 0 Å². The lowest BCUT2D eigenvalue weighted by molar-refractivity contribution is 0.0976. The van der Waals surface area contributed by atoms with Crippen LogP contribution in [0.15, 0.2) is 42.6 Å². The average Bonchev–Trinajstić information content (AvgIpc) is 2.46. The van der Waals surface area contributed by atoms with Crippen molar-refractivity contribution in [3.05, 3.63) is 54.1 Å². The van der Waals surface area contributed by atoms with Gasteiger partial charge in [0.25, 0.3) is 5.91 Å². The van der Waals surface area contributed by atoms with Crippen LogP contribution in [-0.2, 0) is 0 Å². The number of carbonyl (C=O) groups is 1. The lowest BCUT2D eigenvalue weighted by atomic mass is 10.2. The molecule has 4 nitrogen and oxygen atoms in total. The fourth-order valence-corrected chi connectivity index (χ4v) is 2.07. The molecule has 96 valence electrons. The smallest absolute Gasteiger partial charge is 0.258 e. The van der Waals surface area contributed by atoms with Crippen molar-refractivity contribution in [1.82, 2.24) is 4.98 Å². The molecule has 19 heavy (non-hydrogen) atoms. The van der Waals surface area contributed by atoms with Gasteiger partial charge in [0.2, 0.25) is 5.95 Å². The first-order valence-corrected chi connectivity index (χ1v) is 5.91. The monoisotopic (exact) mass is 258 g/mol. The number of rotatable bonds is 1. The van der Waals surface area contributed by atoms with Crippen molar-refractivity contribution in [2.75, 3.05) is 18.1 Å². The summed E-state index contributed by atoms with van der Waals surface area (Å²) in [5, 5.41) is 0. The van der Waals surface area contributed by atoms with Crippen molar-refractivity contribution in [2.45, 2.75) is 0 Å². The minimum Gasteiger partial charge on any atom is -0.490 e. The predicted molar refractivity (Wildman–Crippen MR) is 67.8 cm³/mol. The van der Waals surface area contributed by atoms with Gasteiger partial charge in [0.15, 0.2) is 0 Å². The molecule has 0 saturated heterocycles. The Bertz CT molecular complexity index is 630. The minimum absolute atomic E-state index is 0.253. The quantitative estimate of drug-likeness (QED) is 0.737. The van der Waals surface area contributed by atoms with Gasteiger partial charge in [0, 0.05) is 17.8 Å². The maximum atomic E-state index is 13.1. The largest absolute Gasteiger partial charge is 0.490 e. The van der Waals surface area contributed by atoms with E-state index in [9.17, 15) is 9.18 Å². The van der Waals surface area contributed by atoms with Crippen molar-refractivity contribution >= 4 is 11.6 Å². The van der Waals surface area contributed by atoms with Crippen molar-refractivity contribution in [3.63, 3.8) is 0 Å². The Morgan fingerprint density at radius 1 is 1.32 bits per heavy atom. The number of ether oxygens (including phenoxy) is 1. The van der Waals surface area contributed by atoms with Crippen LogP contribution in [0.25, 0.3) is 0 Å². The predicted octanol–water partition coefficient (Wildman–Crippen LogP) is 2.26. The zero-order valence-corrected chi connectivity index (χ0v) is 10.0. The second-order valence-corrected chi connectivity index (χ2v) is 4.14. The zero-order chi connectivity index (χ0) is 13.2. The molecule has 0 bridgehead atoms. The van der Waals surface area contributed by atoms with E-state index in [1.165, 1.54) is 12.3 Å². The minimum atomic E-state index is -0.660. The normalized spacial score (nSPS) is 13.6. The standard InChI is InChI=1S/C14H11FN2O2/c15-13-9-10(5-6-16-13)14(18)17-7-8-19-12-4-2-1-3-11(12)17/h1-6,9H,7-8H2. The number of halogens is 1. The number of amides is 1. The lowest BCUT2D eigenvalue weighted by Gasteiger charge is -2.29. The fraction of sp³-hybridized carbons (Fsp3) is 0.143. The Morgan fingerprint density at radius 2 is 2.16 bits per heavy atom. The Balaban J connectivity index is 1.98. The highest BCUT2D eigenvalue weighted by Crippen LogP contribution is 2.31. The van der Waals surface area contributed by atoms with Crippen LogP contribution in [0.4, 0.5) is 10.1 Å². The summed E-state index contributed by atoms with van der Waals surface area (Å²) in [5.41, 5.74) is 0.986. The molecule has 1 amide bonds. The summed E-state index contributed by atoms with van der Waals surface area (Å²) in [5.74, 6) is -0.249. The summed E-state index contributed by atoms with van der Waals surface area (Å²) in [7, 11) is 0.